The van der Waals surface area contributed by atoms with Crippen LogP contribution in [0.4, 0.5) is 0 Å². The monoisotopic (exact) mass is 404 g/mol. The summed E-state index contributed by atoms with van der Waals surface area (Å²) in [5.74, 6) is 0. The van der Waals surface area contributed by atoms with Gasteiger partial charge in [0.1, 0.15) is 0 Å². The van der Waals surface area contributed by atoms with Crippen LogP contribution in [0.2, 0.25) is 0 Å². The second-order valence-corrected chi connectivity index (χ2v) is 4.45. The first-order chi connectivity index (χ1) is 9.93. The van der Waals surface area contributed by atoms with Gasteiger partial charge in [-0.15, -0.1) is 36.1 Å². The van der Waals surface area contributed by atoms with Crippen LogP contribution in [0.15, 0.2) is 48.5 Å². The molecule has 0 fully saturated rings. The van der Waals surface area contributed by atoms with Crippen molar-refractivity contribution in [2.24, 2.45) is 0 Å². The number of benzene rings is 2. The van der Waals surface area contributed by atoms with E-state index >= 15 is 0 Å². The van der Waals surface area contributed by atoms with Crippen molar-refractivity contribution >= 4 is 16.4 Å². The van der Waals surface area contributed by atoms with E-state index in [0.29, 0.717) is 0 Å². The summed E-state index contributed by atoms with van der Waals surface area (Å²) >= 11 is 1.30. The summed E-state index contributed by atoms with van der Waals surface area (Å²) in [5.41, 5.74) is 5.46. The van der Waals surface area contributed by atoms with Gasteiger partial charge in [0.2, 0.25) is 0 Å². The molecule has 0 spiro atoms. The fourth-order valence-electron chi connectivity index (χ4n) is 2.21. The Morgan fingerprint density at radius 3 is 1.41 bits per heavy atom. The fourth-order valence-corrected chi connectivity index (χ4v) is 2.21. The van der Waals surface area contributed by atoms with Crippen LogP contribution in [-0.2, 0) is 37.1 Å². The van der Waals surface area contributed by atoms with Crippen LogP contribution in [0, 0.1) is 12.2 Å². The molecule has 0 aliphatic heterocycles. The summed E-state index contributed by atoms with van der Waals surface area (Å²) in [6.07, 6.45) is 12.4. The fraction of sp³-hybridized carbons (Fsp3) is 0.105. The SMILES string of the molecule is [C-]1=Cc2ccccc2C1.[C-]1=Cc2ccccc2C1.[CH2]=[Zr+2].[Cl-].[Cl-]. The predicted octanol–water partition coefficient (Wildman–Crippen LogP) is -1.91. The van der Waals surface area contributed by atoms with Gasteiger partial charge in [-0.25, -0.2) is 12.2 Å². The van der Waals surface area contributed by atoms with Gasteiger partial charge in [0, 0.05) is 0 Å². The molecule has 0 saturated heterocycles. The maximum Gasteiger partial charge on any atom is -1.00 e. The minimum atomic E-state index is 0. The largest absolute Gasteiger partial charge is 1.00 e. The first kappa shape index (κ1) is 21.3. The first-order valence-corrected chi connectivity index (χ1v) is 8.32. The van der Waals surface area contributed by atoms with Crippen molar-refractivity contribution in [3.8, 4) is 0 Å². The second-order valence-electron chi connectivity index (χ2n) is 4.45. The quantitative estimate of drug-likeness (QED) is 0.448. The van der Waals surface area contributed by atoms with Crippen LogP contribution in [0.3, 0.4) is 0 Å². The number of allylic oxidation sites excluding steroid dienone is 2. The molecule has 22 heavy (non-hydrogen) atoms. The van der Waals surface area contributed by atoms with E-state index in [1.54, 1.807) is 0 Å². The molecule has 2 aliphatic carbocycles. The number of hydrogen-bond acceptors (Lipinski definition) is 0. The van der Waals surface area contributed by atoms with Crippen molar-refractivity contribution in [1.82, 2.24) is 0 Å². The summed E-state index contributed by atoms with van der Waals surface area (Å²) in [6.45, 7) is 0. The minimum absolute atomic E-state index is 0. The van der Waals surface area contributed by atoms with E-state index in [1.807, 2.05) is 0 Å². The molecule has 2 aliphatic rings. The average Bonchev–Trinajstić information content (AvgIpc) is 3.18. The molecular formula is C19H16Cl2Zr-2. The Hall–Kier alpha value is -0.747. The van der Waals surface area contributed by atoms with Crippen LogP contribution in [-0.4, -0.2) is 4.21 Å². The molecule has 0 aromatic heterocycles. The van der Waals surface area contributed by atoms with Crippen molar-refractivity contribution in [3.63, 3.8) is 0 Å². The second kappa shape index (κ2) is 11.8. The van der Waals surface area contributed by atoms with Crippen LogP contribution < -0.4 is 24.8 Å². The van der Waals surface area contributed by atoms with E-state index in [0.717, 1.165) is 12.8 Å². The molecule has 0 unspecified atom stereocenters. The van der Waals surface area contributed by atoms with Crippen molar-refractivity contribution < 1.29 is 49.0 Å². The smallest absolute Gasteiger partial charge is 1.00 e. The van der Waals surface area contributed by atoms with Crippen molar-refractivity contribution in [2.75, 3.05) is 0 Å². The third kappa shape index (κ3) is 5.80. The number of hydrogen-bond donors (Lipinski definition) is 0. The van der Waals surface area contributed by atoms with E-state index in [2.05, 4.69) is 77.0 Å². The molecule has 0 bridgehead atoms. The summed E-state index contributed by atoms with van der Waals surface area (Å²) < 4.78 is 3.34. The molecule has 0 atom stereocenters. The summed E-state index contributed by atoms with van der Waals surface area (Å²) in [7, 11) is 0. The van der Waals surface area contributed by atoms with E-state index in [4.69, 9.17) is 0 Å². The third-order valence-electron chi connectivity index (χ3n) is 3.21. The molecule has 2 aromatic rings. The minimum Gasteiger partial charge on any atom is -1.00 e. The zero-order valence-corrected chi connectivity index (χ0v) is 16.1. The molecule has 0 N–H and O–H groups in total. The topological polar surface area (TPSA) is 0 Å². The number of fused-ring (bicyclic) bond motifs is 2. The molecule has 2 aromatic carbocycles. The van der Waals surface area contributed by atoms with E-state index < -0.39 is 0 Å². The molecule has 0 heterocycles. The summed E-state index contributed by atoms with van der Waals surface area (Å²) in [5, 5.41) is 0. The molecule has 0 amide bonds. The van der Waals surface area contributed by atoms with Crippen molar-refractivity contribution in [1.29, 1.82) is 0 Å². The van der Waals surface area contributed by atoms with E-state index in [9.17, 15) is 0 Å². The molecule has 3 heteroatoms. The Morgan fingerprint density at radius 2 is 1.05 bits per heavy atom. The van der Waals surface area contributed by atoms with E-state index in [1.165, 1.54) is 46.5 Å². The van der Waals surface area contributed by atoms with Gasteiger partial charge in [-0.2, -0.15) is 11.1 Å². The molecule has 112 valence electrons. The van der Waals surface area contributed by atoms with Gasteiger partial charge >= 0.3 is 28.4 Å². The van der Waals surface area contributed by atoms with Gasteiger partial charge in [-0.05, 0) is 0 Å². The van der Waals surface area contributed by atoms with E-state index in [-0.39, 0.29) is 24.8 Å². The zero-order valence-electron chi connectivity index (χ0n) is 12.2. The first-order valence-electron chi connectivity index (χ1n) is 6.58. The zero-order chi connectivity index (χ0) is 14.2. The Kier molecular flexibility index (Phi) is 11.4. The van der Waals surface area contributed by atoms with Gasteiger partial charge < -0.3 is 24.8 Å². The van der Waals surface area contributed by atoms with Crippen LogP contribution in [0.1, 0.15) is 22.3 Å². The summed E-state index contributed by atoms with van der Waals surface area (Å²) in [6, 6.07) is 16.8. The predicted molar refractivity (Wildman–Crippen MR) is 82.8 cm³/mol. The Bertz CT molecular complexity index is 577. The Balaban J connectivity index is 0.000000334. The molecule has 0 radical (unpaired) electrons. The molecule has 4 rings (SSSR count). The average molecular weight is 406 g/mol. The molecule has 0 saturated carbocycles. The van der Waals surface area contributed by atoms with Gasteiger partial charge in [-0.3, -0.25) is 12.2 Å². The van der Waals surface area contributed by atoms with Gasteiger partial charge in [-0.1, -0.05) is 36.4 Å². The molecular weight excluding hydrogens is 390 g/mol. The number of halogens is 2. The van der Waals surface area contributed by atoms with Gasteiger partial charge in [0.05, 0.1) is 0 Å². The van der Waals surface area contributed by atoms with Crippen molar-refractivity contribution in [3.05, 3.63) is 82.9 Å². The van der Waals surface area contributed by atoms with Crippen LogP contribution in [0.25, 0.3) is 12.2 Å². The third-order valence-corrected chi connectivity index (χ3v) is 3.21. The van der Waals surface area contributed by atoms with Gasteiger partial charge in [0.15, 0.2) is 0 Å². The maximum atomic E-state index is 3.34. The number of rotatable bonds is 0. The standard InChI is InChI=1S/2C9H7.CH2.2ClH.Zr/c2*1-2-5-9-7-3-6-8(9)4-1;;;;/h2*1-2,4-6H,7H2;1H2;2*1H;/q2*-1;;;;+2/p-2. The van der Waals surface area contributed by atoms with Crippen LogP contribution >= 0.6 is 0 Å². The maximum absolute atomic E-state index is 3.34. The Labute approximate surface area is 160 Å². The normalized spacial score (nSPS) is 11.5. The molecule has 0 nitrogen and oxygen atoms in total. The van der Waals surface area contributed by atoms with Gasteiger partial charge in [0.25, 0.3) is 0 Å². The van der Waals surface area contributed by atoms with Crippen molar-refractivity contribution in [2.45, 2.75) is 12.8 Å². The van der Waals surface area contributed by atoms with Crippen LogP contribution in [0.5, 0.6) is 0 Å². The Morgan fingerprint density at radius 1 is 0.682 bits per heavy atom. The summed E-state index contributed by atoms with van der Waals surface area (Å²) in [4.78, 5) is 0.